The van der Waals surface area contributed by atoms with Crippen LogP contribution < -0.4 is 53.2 Å². The van der Waals surface area contributed by atoms with Gasteiger partial charge < -0.3 is 81.6 Å². The lowest BCUT2D eigenvalue weighted by atomic mass is 10.0. The third kappa shape index (κ3) is 46.2. The summed E-state index contributed by atoms with van der Waals surface area (Å²) in [5.41, 5.74) is 13.6. The van der Waals surface area contributed by atoms with Crippen LogP contribution in [0.25, 0.3) is 10.4 Å². The van der Waals surface area contributed by atoms with Gasteiger partial charge in [-0.05, 0) is 76.4 Å². The first-order chi connectivity index (χ1) is 63.5. The number of rotatable bonds is 55. The molecule has 0 aliphatic carbocycles. The first kappa shape index (κ1) is 108. The number of benzene rings is 6. The van der Waals surface area contributed by atoms with Gasteiger partial charge in [0.05, 0.1) is 64.3 Å². The predicted molar refractivity (Wildman–Crippen MR) is 489 cm³/mol. The van der Waals surface area contributed by atoms with Gasteiger partial charge in [-0.15, -0.1) is 17.4 Å². The summed E-state index contributed by atoms with van der Waals surface area (Å²) in [4.78, 5) is 190. The molecule has 132 heavy (non-hydrogen) atoms. The van der Waals surface area contributed by atoms with E-state index in [1.165, 1.54) is 0 Å². The molecule has 0 aliphatic heterocycles. The van der Waals surface area contributed by atoms with Gasteiger partial charge in [0.25, 0.3) is 0 Å². The average molecular weight is 1820 g/mol. The molecule has 36 heteroatoms. The molecule has 0 radical (unpaired) electrons. The summed E-state index contributed by atoms with van der Waals surface area (Å²) >= 11 is 0. The third-order valence-corrected chi connectivity index (χ3v) is 19.1. The van der Waals surface area contributed by atoms with Crippen molar-refractivity contribution in [1.82, 2.24) is 68.2 Å². The molecule has 0 aliphatic rings. The smallest absolute Gasteiger partial charge is 0.308 e. The Morgan fingerprint density at radius 2 is 0.705 bits per heavy atom. The molecule has 10 N–H and O–H groups in total. The summed E-state index contributed by atoms with van der Waals surface area (Å²) in [6.45, 7) is 15.0. The monoisotopic (exact) mass is 1820 g/mol. The number of unbranched alkanes of at least 4 members (excludes halogenated alkanes) is 1. The zero-order chi connectivity index (χ0) is 96.2. The number of hydrogen-bond donors (Lipinski definition) is 10. The molecule has 708 valence electrons. The van der Waals surface area contributed by atoms with E-state index in [4.69, 9.17) is 40.4 Å². The fourth-order valence-electron chi connectivity index (χ4n) is 12.6. The fraction of sp³-hybridized carbons (Fsp3) is 0.438. The molecule has 0 saturated heterocycles. The van der Waals surface area contributed by atoms with Crippen molar-refractivity contribution in [2.45, 2.75) is 214 Å². The standard InChI is InChI=1S/C48H62N8O10.C43H54N8O10.C5H8/c1-5-15-38-30-56(55-54-38)23-25-64-24-22-49-45(60)40(27-35-16-9-6-10-17-35)52-46(61)39(26-33(2)3)51-48(63)42(29-44(59)66-32-37-20-13-8-14-21-37)53-47(62)41(50-34(4)57)28-43(58)65-31-36-18-11-7-12-19-36;1-29(2)23-34(41(56)49-35(24-31-13-7-4-8-14-31)40(55)45-19-21-59-22-20-46-51-44)48-43(58)37(26-39(54)61-28-33-17-11-6-12-18-33)50-42(57)36(47-30(3)52)25-38(53)60-27-32-15-9-5-10-16-32;1-3-5-4-2/h6-14,16-21,30,33,39-42H,5,15,22-29,31-32H2,1-4H3,(H,49,60)(H,50,57)(H,51,63)(H,52,61)(H,53,62);4-18,29,34-37H,19-28H2,1-3H3,(H,45,55)(H,47,52)(H,48,58)(H,49,56)(H,50,57);1H,4-5H2,2H3/t39-,40+,41-,42+;34-,35+,36-,37+;/m11./s1. The Morgan fingerprint density at radius 1 is 0.402 bits per heavy atom. The average Bonchev–Trinajstić information content (AvgIpc) is 1.09. The summed E-state index contributed by atoms with van der Waals surface area (Å²) in [7, 11) is 0. The quantitative estimate of drug-likeness (QED) is 0.00341. The van der Waals surface area contributed by atoms with Gasteiger partial charge in [-0.2, -0.15) is 0 Å². The van der Waals surface area contributed by atoms with E-state index < -0.39 is 157 Å². The van der Waals surface area contributed by atoms with E-state index in [0.29, 0.717) is 35.4 Å². The lowest BCUT2D eigenvalue weighted by molar-refractivity contribution is -0.149. The molecule has 0 saturated carbocycles. The molecular weight excluding hydrogens is 1700 g/mol. The van der Waals surface area contributed by atoms with E-state index in [1.54, 1.807) is 150 Å². The minimum absolute atomic E-state index is 0.0838. The summed E-state index contributed by atoms with van der Waals surface area (Å²) in [6, 6.07) is 42.4. The predicted octanol–water partition coefficient (Wildman–Crippen LogP) is 7.24. The van der Waals surface area contributed by atoms with Crippen LogP contribution in [0.15, 0.2) is 193 Å². The van der Waals surface area contributed by atoms with Crippen LogP contribution in [0.1, 0.15) is 152 Å². The molecule has 0 unspecified atom stereocenters. The Labute approximate surface area is 769 Å². The number of aromatic nitrogens is 3. The normalized spacial score (nSPS) is 12.4. The SMILES string of the molecule is C#CCCC.CC(=O)N[C@H](CC(=O)OCc1ccccc1)C(=O)N[C@@H](CC(=O)OCc1ccccc1)C(=O)N[C@H](CC(C)C)C(=O)N[C@@H](Cc1ccccc1)C(=O)NCCOCCN=[N+]=[N-].CCCc1cn(CCOCCNC(=O)[C@H](Cc2ccccc2)NC(=O)[C@@H](CC(C)C)NC(=O)[C@H](CC(=O)OCc2ccccc2)NC(=O)[C@@H](CC(=O)OCc2ccccc2)NC(C)=O)nn1. The van der Waals surface area contributed by atoms with Gasteiger partial charge in [0.2, 0.25) is 59.1 Å². The summed E-state index contributed by atoms with van der Waals surface area (Å²) in [5, 5.41) is 37.8. The Bertz CT molecular complexity index is 4810. The van der Waals surface area contributed by atoms with Gasteiger partial charge in [0.15, 0.2) is 0 Å². The first-order valence-electron chi connectivity index (χ1n) is 43.8. The Balaban J connectivity index is 0.000000445. The van der Waals surface area contributed by atoms with Crippen molar-refractivity contribution in [2.24, 2.45) is 17.0 Å². The maximum atomic E-state index is 14.2. The number of hydrogen-bond acceptors (Lipinski definition) is 23. The van der Waals surface area contributed by atoms with Crippen molar-refractivity contribution in [1.29, 1.82) is 0 Å². The van der Waals surface area contributed by atoms with Crippen LogP contribution >= 0.6 is 0 Å². The molecule has 1 heterocycles. The second-order valence-corrected chi connectivity index (χ2v) is 31.4. The highest BCUT2D eigenvalue weighted by molar-refractivity contribution is 6.00. The van der Waals surface area contributed by atoms with Crippen LogP contribution in [0.3, 0.4) is 0 Å². The zero-order valence-corrected chi connectivity index (χ0v) is 76.1. The molecular formula is C96H124N16O20. The highest BCUT2D eigenvalue weighted by Crippen LogP contribution is 2.16. The molecule has 0 bridgehead atoms. The number of amides is 10. The van der Waals surface area contributed by atoms with Gasteiger partial charge in [-0.3, -0.25) is 67.1 Å². The number of aryl methyl sites for hydroxylation is 1. The van der Waals surface area contributed by atoms with Crippen molar-refractivity contribution < 1.29 is 95.5 Å². The molecule has 6 aromatic carbocycles. The molecule has 7 rings (SSSR count). The van der Waals surface area contributed by atoms with Crippen LogP contribution in [-0.2, 0) is 148 Å². The van der Waals surface area contributed by atoms with E-state index in [2.05, 4.69) is 93.3 Å². The van der Waals surface area contributed by atoms with Crippen LogP contribution in [0, 0.1) is 24.2 Å². The van der Waals surface area contributed by atoms with Gasteiger partial charge in [-0.1, -0.05) is 240 Å². The highest BCUT2D eigenvalue weighted by atomic mass is 16.5. The van der Waals surface area contributed by atoms with E-state index in [-0.39, 0.29) is 103 Å². The van der Waals surface area contributed by atoms with Gasteiger partial charge in [0, 0.05) is 63.9 Å². The van der Waals surface area contributed by atoms with Crippen LogP contribution in [0.2, 0.25) is 0 Å². The van der Waals surface area contributed by atoms with Gasteiger partial charge >= 0.3 is 23.9 Å². The van der Waals surface area contributed by atoms with Crippen molar-refractivity contribution >= 4 is 82.9 Å². The largest absolute Gasteiger partial charge is 0.461 e. The zero-order valence-electron chi connectivity index (χ0n) is 76.1. The van der Waals surface area contributed by atoms with E-state index in [0.717, 1.165) is 56.4 Å². The molecule has 1 aromatic heterocycles. The number of esters is 4. The molecule has 8 atom stereocenters. The number of azide groups is 1. The summed E-state index contributed by atoms with van der Waals surface area (Å²) in [6.07, 6.45) is 8.45. The topological polar surface area (TPSA) is 494 Å². The Kier molecular flexibility index (Phi) is 51.7. The molecule has 10 amide bonds. The molecule has 36 nitrogen and oxygen atoms in total. The van der Waals surface area contributed by atoms with Crippen molar-refractivity contribution in [3.8, 4) is 12.3 Å². The number of carbonyl (C=O) groups excluding carboxylic acids is 14. The Hall–Kier alpha value is -14.2. The number of carbonyl (C=O) groups is 14. The van der Waals surface area contributed by atoms with Crippen LogP contribution in [0.4, 0.5) is 0 Å². The number of terminal acetylenes is 1. The Morgan fingerprint density at radius 3 is 1.00 bits per heavy atom. The molecule has 0 spiro atoms. The summed E-state index contributed by atoms with van der Waals surface area (Å²) < 4.78 is 34.3. The fourth-order valence-corrected chi connectivity index (χ4v) is 12.6. The number of ether oxygens (including phenoxy) is 6. The maximum absolute atomic E-state index is 14.2. The van der Waals surface area contributed by atoms with Crippen molar-refractivity contribution in [3.05, 3.63) is 238 Å². The van der Waals surface area contributed by atoms with Crippen LogP contribution in [-0.4, -0.2) is 192 Å². The highest BCUT2D eigenvalue weighted by Gasteiger charge is 2.37. The minimum atomic E-state index is -1.64. The molecule has 0 fully saturated rings. The second kappa shape index (κ2) is 62.9. The maximum Gasteiger partial charge on any atom is 0.308 e. The van der Waals surface area contributed by atoms with Crippen molar-refractivity contribution in [3.63, 3.8) is 0 Å². The van der Waals surface area contributed by atoms with Gasteiger partial charge in [-0.25, -0.2) is 4.68 Å². The first-order valence-corrected chi connectivity index (χ1v) is 43.8. The van der Waals surface area contributed by atoms with E-state index in [9.17, 15) is 67.1 Å². The third-order valence-electron chi connectivity index (χ3n) is 19.1. The summed E-state index contributed by atoms with van der Waals surface area (Å²) in [5.74, 6) is -8.66. The number of nitrogens with zero attached hydrogens (tertiary/aromatic N) is 6. The van der Waals surface area contributed by atoms with Gasteiger partial charge in [0.1, 0.15) is 74.8 Å². The van der Waals surface area contributed by atoms with E-state index >= 15 is 0 Å². The number of nitrogens with one attached hydrogen (secondary N) is 10. The molecule has 7 aromatic rings. The lowest BCUT2D eigenvalue weighted by Gasteiger charge is -2.27. The second-order valence-electron chi connectivity index (χ2n) is 31.4. The van der Waals surface area contributed by atoms with Crippen molar-refractivity contribution in [2.75, 3.05) is 46.1 Å². The van der Waals surface area contributed by atoms with E-state index in [1.807, 2.05) is 70.3 Å². The minimum Gasteiger partial charge on any atom is -0.461 e. The van der Waals surface area contributed by atoms with Crippen LogP contribution in [0.5, 0.6) is 0 Å². The lowest BCUT2D eigenvalue weighted by Crippen LogP contribution is -2.59.